The minimum Gasteiger partial charge on any atom is -0.392 e. The van der Waals surface area contributed by atoms with Crippen LogP contribution in [0.5, 0.6) is 0 Å². The molecule has 0 spiro atoms. The number of nitrogens with zero attached hydrogens (tertiary/aromatic N) is 1. The molecule has 1 aromatic carbocycles. The largest absolute Gasteiger partial charge is 0.392 e. The first-order chi connectivity index (χ1) is 14.5. The monoisotopic (exact) mass is 417 g/mol. The van der Waals surface area contributed by atoms with Gasteiger partial charge in [0, 0.05) is 24.4 Å². The van der Waals surface area contributed by atoms with Gasteiger partial charge in [-0.05, 0) is 48.9 Å². The lowest BCUT2D eigenvalue weighted by molar-refractivity contribution is -0.0442. The molecule has 2 N–H and O–H groups in total. The van der Waals surface area contributed by atoms with E-state index in [1.54, 1.807) is 0 Å². The summed E-state index contributed by atoms with van der Waals surface area (Å²) in [6.45, 7) is 12.8. The van der Waals surface area contributed by atoms with Gasteiger partial charge in [-0.15, -0.1) is 0 Å². The Hall–Kier alpha value is -1.48. The molecule has 3 rings (SSSR count). The highest BCUT2D eigenvalue weighted by molar-refractivity contribution is 5.33. The van der Waals surface area contributed by atoms with Crippen LogP contribution in [0.3, 0.4) is 0 Å². The highest BCUT2D eigenvalue weighted by Crippen LogP contribution is 2.54. The quantitative estimate of drug-likeness (QED) is 0.396. The van der Waals surface area contributed by atoms with Gasteiger partial charge in [0.1, 0.15) is 5.82 Å². The van der Waals surface area contributed by atoms with E-state index < -0.39 is 18.0 Å². The van der Waals surface area contributed by atoms with Crippen LogP contribution < -0.4 is 0 Å². The molecule has 3 unspecified atom stereocenters. The summed E-state index contributed by atoms with van der Waals surface area (Å²) in [5.74, 6) is -0.915. The number of benzene rings is 1. The van der Waals surface area contributed by atoms with Gasteiger partial charge in [0.05, 0.1) is 24.7 Å². The second-order valence-electron chi connectivity index (χ2n) is 9.30. The zero-order valence-electron chi connectivity index (χ0n) is 18.3. The number of aliphatic hydroxyl groups excluding tert-OH is 2. The summed E-state index contributed by atoms with van der Waals surface area (Å²) in [7, 11) is 0. The molecule has 166 valence electrons. The molecule has 0 saturated heterocycles. The van der Waals surface area contributed by atoms with E-state index in [9.17, 15) is 14.6 Å². The van der Waals surface area contributed by atoms with Crippen molar-refractivity contribution in [3.8, 4) is 0 Å². The topological polar surface area (TPSA) is 54.0 Å². The Morgan fingerprint density at radius 2 is 2.03 bits per heavy atom. The van der Waals surface area contributed by atoms with Crippen molar-refractivity contribution in [1.82, 2.24) is 0 Å². The van der Waals surface area contributed by atoms with Gasteiger partial charge < -0.3 is 19.8 Å². The Labute approximate surface area is 180 Å². The first-order valence-electron chi connectivity index (χ1n) is 11.6. The molecular weight excluding hydrogens is 381 g/mol. The van der Waals surface area contributed by atoms with Crippen LogP contribution in [0.25, 0.3) is 4.85 Å². The van der Waals surface area contributed by atoms with Crippen LogP contribution in [0.4, 0.5) is 4.39 Å². The van der Waals surface area contributed by atoms with E-state index in [1.807, 2.05) is 6.07 Å². The molecule has 5 heteroatoms. The molecule has 0 amide bonds. The van der Waals surface area contributed by atoms with Crippen LogP contribution in [0.1, 0.15) is 88.4 Å². The number of aliphatic hydroxyl groups is 2. The molecule has 0 aromatic heterocycles. The Morgan fingerprint density at radius 1 is 1.27 bits per heavy atom. The van der Waals surface area contributed by atoms with Crippen molar-refractivity contribution in [2.75, 3.05) is 13.2 Å². The fourth-order valence-electron chi connectivity index (χ4n) is 5.52. The highest BCUT2D eigenvalue weighted by atomic mass is 19.1. The molecule has 4 nitrogen and oxygen atoms in total. The smallest absolute Gasteiger partial charge is 0.231 e. The summed E-state index contributed by atoms with van der Waals surface area (Å²) >= 11 is 0. The number of rotatable bonds is 10. The summed E-state index contributed by atoms with van der Waals surface area (Å²) in [4.78, 5) is 3.73. The first kappa shape index (κ1) is 23.2. The van der Waals surface area contributed by atoms with Crippen molar-refractivity contribution >= 4 is 0 Å². The van der Waals surface area contributed by atoms with Gasteiger partial charge >= 0.3 is 0 Å². The summed E-state index contributed by atoms with van der Waals surface area (Å²) in [5.41, 5.74) is 1.12. The van der Waals surface area contributed by atoms with E-state index in [4.69, 9.17) is 11.3 Å². The van der Waals surface area contributed by atoms with Crippen molar-refractivity contribution in [3.05, 3.63) is 46.6 Å². The van der Waals surface area contributed by atoms with Crippen LogP contribution in [0.2, 0.25) is 0 Å². The Balaban J connectivity index is 1.86. The van der Waals surface area contributed by atoms with Crippen molar-refractivity contribution in [2.24, 2.45) is 11.3 Å². The van der Waals surface area contributed by atoms with Crippen molar-refractivity contribution in [2.45, 2.75) is 89.4 Å². The van der Waals surface area contributed by atoms with Crippen LogP contribution >= 0.6 is 0 Å². The van der Waals surface area contributed by atoms with Gasteiger partial charge in [-0.25, -0.2) is 11.0 Å². The van der Waals surface area contributed by atoms with Gasteiger partial charge in [0.25, 0.3) is 0 Å². The normalized spacial score (nSPS) is 28.7. The number of ether oxygens (including phenoxy) is 1. The molecule has 30 heavy (non-hydrogen) atoms. The molecular formula is C25H36FNO3. The van der Waals surface area contributed by atoms with Crippen molar-refractivity contribution < 1.29 is 19.3 Å². The molecule has 2 saturated carbocycles. The third-order valence-corrected chi connectivity index (χ3v) is 7.29. The van der Waals surface area contributed by atoms with E-state index in [-0.39, 0.29) is 23.3 Å². The molecule has 2 fully saturated rings. The number of unbranched alkanes of at least 4 members (excludes halogenated alkanes) is 1. The van der Waals surface area contributed by atoms with E-state index in [0.717, 1.165) is 44.9 Å². The highest BCUT2D eigenvalue weighted by Gasteiger charge is 2.48. The van der Waals surface area contributed by atoms with E-state index in [0.29, 0.717) is 30.8 Å². The van der Waals surface area contributed by atoms with Gasteiger partial charge in [0.2, 0.25) is 6.04 Å². The first-order valence-corrected chi connectivity index (χ1v) is 11.6. The Morgan fingerprint density at radius 3 is 2.63 bits per heavy atom. The average Bonchev–Trinajstić information content (AvgIpc) is 3.02. The molecule has 1 aromatic rings. The standard InChI is InChI=1S/C25H36FNO3/c1-4-6-11-30-16-20-21(27-3)15-22(28)23(20)17-12-18(14-19(26)13-17)24(29)25(8-5-2)9-7-10-25/h12-14,20-24,28-29H,4-11,15-16H2,1-2H3/t20?,21-,22-,23?,24?/m1/s1. The Kier molecular flexibility index (Phi) is 7.90. The summed E-state index contributed by atoms with van der Waals surface area (Å²) in [6.07, 6.45) is 5.92. The maximum Gasteiger partial charge on any atom is 0.231 e. The van der Waals surface area contributed by atoms with Crippen molar-refractivity contribution in [3.63, 3.8) is 0 Å². The maximum absolute atomic E-state index is 14.6. The predicted molar refractivity (Wildman–Crippen MR) is 116 cm³/mol. The van der Waals surface area contributed by atoms with Gasteiger partial charge in [-0.3, -0.25) is 0 Å². The summed E-state index contributed by atoms with van der Waals surface area (Å²) in [6, 6.07) is 4.43. The molecule has 0 aliphatic heterocycles. The summed E-state index contributed by atoms with van der Waals surface area (Å²) < 4.78 is 20.5. The van der Waals surface area contributed by atoms with Crippen LogP contribution in [-0.2, 0) is 4.74 Å². The average molecular weight is 418 g/mol. The fraction of sp³-hybridized carbons (Fsp3) is 0.720. The Bertz CT molecular complexity index is 742. The molecule has 0 radical (unpaired) electrons. The molecule has 0 heterocycles. The lowest BCUT2D eigenvalue weighted by Crippen LogP contribution is -2.36. The van der Waals surface area contributed by atoms with Gasteiger partial charge in [-0.1, -0.05) is 39.2 Å². The lowest BCUT2D eigenvalue weighted by Gasteiger charge is -2.46. The van der Waals surface area contributed by atoms with Crippen LogP contribution in [0.15, 0.2) is 18.2 Å². The number of hydrogen-bond acceptors (Lipinski definition) is 3. The van der Waals surface area contributed by atoms with E-state index in [1.165, 1.54) is 12.1 Å². The second-order valence-corrected chi connectivity index (χ2v) is 9.30. The molecule has 5 atom stereocenters. The zero-order chi connectivity index (χ0) is 21.7. The third kappa shape index (κ3) is 4.72. The second kappa shape index (κ2) is 10.2. The molecule has 2 aliphatic rings. The molecule has 2 aliphatic carbocycles. The fourth-order valence-corrected chi connectivity index (χ4v) is 5.52. The summed E-state index contributed by atoms with van der Waals surface area (Å²) in [5, 5.41) is 21.9. The van der Waals surface area contributed by atoms with Crippen LogP contribution in [0, 0.1) is 23.7 Å². The molecule has 0 bridgehead atoms. The lowest BCUT2D eigenvalue weighted by atomic mass is 9.61. The minimum absolute atomic E-state index is 0.157. The zero-order valence-corrected chi connectivity index (χ0v) is 18.3. The van der Waals surface area contributed by atoms with Gasteiger partial charge in [-0.2, -0.15) is 0 Å². The van der Waals surface area contributed by atoms with Crippen molar-refractivity contribution in [1.29, 1.82) is 0 Å². The minimum atomic E-state index is -0.705. The predicted octanol–water partition coefficient (Wildman–Crippen LogP) is 5.40. The SMILES string of the molecule is [C-]#[N+][C@@H]1C[C@@H](O)C(c2cc(F)cc(C(O)C3(CCC)CCC3)c2)C1COCCCC. The maximum atomic E-state index is 14.6. The number of hydrogen-bond donors (Lipinski definition) is 2. The number of halogens is 1. The van der Waals surface area contributed by atoms with Gasteiger partial charge in [0.15, 0.2) is 0 Å². The third-order valence-electron chi connectivity index (χ3n) is 7.29. The van der Waals surface area contributed by atoms with E-state index >= 15 is 0 Å². The van der Waals surface area contributed by atoms with Crippen LogP contribution in [-0.4, -0.2) is 35.6 Å². The van der Waals surface area contributed by atoms with E-state index in [2.05, 4.69) is 18.7 Å².